The third-order valence-electron chi connectivity index (χ3n) is 3.62. The lowest BCUT2D eigenvalue weighted by atomic mass is 9.87. The highest BCUT2D eigenvalue weighted by Gasteiger charge is 2.40. The minimum Gasteiger partial charge on any atom is -0.465 e. The van der Waals surface area contributed by atoms with Gasteiger partial charge in [0.1, 0.15) is 11.5 Å². The van der Waals surface area contributed by atoms with Gasteiger partial charge in [-0.3, -0.25) is 19.3 Å². The van der Waals surface area contributed by atoms with E-state index in [1.54, 1.807) is 32.7 Å². The topological polar surface area (TPSA) is 84.9 Å². The fourth-order valence-corrected chi connectivity index (χ4v) is 2.04. The molecule has 1 rings (SSSR count). The molecule has 1 aliphatic heterocycles. The number of esters is 1. The Morgan fingerprint density at radius 3 is 2.62 bits per heavy atom. The first-order valence-electron chi connectivity index (χ1n) is 7.08. The van der Waals surface area contributed by atoms with Gasteiger partial charge in [-0.25, -0.2) is 0 Å². The van der Waals surface area contributed by atoms with E-state index in [4.69, 9.17) is 9.47 Å². The summed E-state index contributed by atoms with van der Waals surface area (Å²) in [5, 5.41) is 2.56. The van der Waals surface area contributed by atoms with Crippen molar-refractivity contribution in [2.45, 2.75) is 26.8 Å². The van der Waals surface area contributed by atoms with Gasteiger partial charge in [0.2, 0.25) is 5.91 Å². The van der Waals surface area contributed by atoms with Crippen molar-refractivity contribution in [3.8, 4) is 0 Å². The largest absolute Gasteiger partial charge is 0.465 e. The molecule has 0 aliphatic carbocycles. The summed E-state index contributed by atoms with van der Waals surface area (Å²) in [6, 6.07) is -0.509. The molecule has 1 aliphatic rings. The van der Waals surface area contributed by atoms with Gasteiger partial charge in [-0.1, -0.05) is 0 Å². The lowest BCUT2D eigenvalue weighted by Crippen LogP contribution is -2.56. The number of morpholine rings is 1. The van der Waals surface area contributed by atoms with Crippen LogP contribution in [-0.2, 0) is 23.9 Å². The first-order valence-corrected chi connectivity index (χ1v) is 7.08. The van der Waals surface area contributed by atoms with E-state index >= 15 is 0 Å². The van der Waals surface area contributed by atoms with Crippen LogP contribution in [0.2, 0.25) is 0 Å². The number of nitrogens with one attached hydrogen (secondary N) is 1. The summed E-state index contributed by atoms with van der Waals surface area (Å²) in [6.45, 7) is 6.21. The van der Waals surface area contributed by atoms with Crippen molar-refractivity contribution in [3.05, 3.63) is 0 Å². The van der Waals surface area contributed by atoms with Crippen LogP contribution in [-0.4, -0.2) is 68.6 Å². The Hall–Kier alpha value is -1.47. The number of carbonyl (C=O) groups excluding carboxylic acids is 3. The smallest absolute Gasteiger partial charge is 0.319 e. The molecule has 0 aromatic carbocycles. The standard InChI is InChI=1S/C14H24N2O5/c1-5-21-13(19)14(2,3)11(17)8-16-6-7-20-9-10(16)12(18)15-4/h10H,5-9H2,1-4H3,(H,15,18). The first kappa shape index (κ1) is 17.6. The van der Waals surface area contributed by atoms with Crippen molar-refractivity contribution in [2.24, 2.45) is 5.41 Å². The highest BCUT2D eigenvalue weighted by Crippen LogP contribution is 2.21. The van der Waals surface area contributed by atoms with Gasteiger partial charge in [0.05, 0.1) is 26.4 Å². The van der Waals surface area contributed by atoms with Crippen LogP contribution in [0.1, 0.15) is 20.8 Å². The molecule has 0 aromatic rings. The maximum absolute atomic E-state index is 12.4. The Morgan fingerprint density at radius 2 is 2.05 bits per heavy atom. The number of Topliss-reactive ketones (excluding diaryl/α,β-unsaturated/α-hetero) is 1. The zero-order valence-corrected chi connectivity index (χ0v) is 13.1. The van der Waals surface area contributed by atoms with Gasteiger partial charge >= 0.3 is 5.97 Å². The summed E-state index contributed by atoms with van der Waals surface area (Å²) in [4.78, 5) is 37.8. The molecule has 1 amide bonds. The van der Waals surface area contributed by atoms with E-state index in [0.29, 0.717) is 13.2 Å². The molecule has 1 atom stereocenters. The van der Waals surface area contributed by atoms with E-state index in [1.165, 1.54) is 0 Å². The summed E-state index contributed by atoms with van der Waals surface area (Å²) >= 11 is 0. The Kier molecular flexibility index (Phi) is 6.29. The molecule has 21 heavy (non-hydrogen) atoms. The molecular formula is C14H24N2O5. The van der Waals surface area contributed by atoms with Crippen LogP contribution >= 0.6 is 0 Å². The molecule has 7 nitrogen and oxygen atoms in total. The van der Waals surface area contributed by atoms with Crippen molar-refractivity contribution in [3.63, 3.8) is 0 Å². The quantitative estimate of drug-likeness (QED) is 0.530. The van der Waals surface area contributed by atoms with Gasteiger partial charge in [0, 0.05) is 13.6 Å². The Labute approximate surface area is 124 Å². The minimum absolute atomic E-state index is 0.0211. The molecule has 0 spiro atoms. The van der Waals surface area contributed by atoms with E-state index in [9.17, 15) is 14.4 Å². The van der Waals surface area contributed by atoms with Crippen molar-refractivity contribution >= 4 is 17.7 Å². The monoisotopic (exact) mass is 300 g/mol. The number of likely N-dealkylation sites (N-methyl/N-ethyl adjacent to an activating group) is 1. The summed E-state index contributed by atoms with van der Waals surface area (Å²) in [6.07, 6.45) is 0. The Bertz CT molecular complexity index is 408. The zero-order valence-electron chi connectivity index (χ0n) is 13.1. The van der Waals surface area contributed by atoms with Gasteiger partial charge < -0.3 is 14.8 Å². The van der Waals surface area contributed by atoms with Crippen LogP contribution in [0.3, 0.4) is 0 Å². The van der Waals surface area contributed by atoms with E-state index in [0.717, 1.165) is 0 Å². The molecule has 0 aromatic heterocycles. The van der Waals surface area contributed by atoms with E-state index < -0.39 is 17.4 Å². The number of ether oxygens (including phenoxy) is 2. The highest BCUT2D eigenvalue weighted by molar-refractivity contribution is 6.04. The van der Waals surface area contributed by atoms with Gasteiger partial charge in [0.15, 0.2) is 5.78 Å². The zero-order chi connectivity index (χ0) is 16.0. The molecule has 120 valence electrons. The van der Waals surface area contributed by atoms with E-state index in [2.05, 4.69) is 5.32 Å². The second kappa shape index (κ2) is 7.51. The molecule has 1 unspecified atom stereocenters. The summed E-state index contributed by atoms with van der Waals surface area (Å²) < 4.78 is 10.2. The van der Waals surface area contributed by atoms with Crippen LogP contribution < -0.4 is 5.32 Å². The number of carbonyl (C=O) groups is 3. The second-order valence-corrected chi connectivity index (χ2v) is 5.44. The average Bonchev–Trinajstić information content (AvgIpc) is 2.47. The molecule has 1 heterocycles. The van der Waals surface area contributed by atoms with Crippen LogP contribution in [0, 0.1) is 5.41 Å². The Balaban J connectivity index is 2.75. The highest BCUT2D eigenvalue weighted by atomic mass is 16.5. The number of hydrogen-bond donors (Lipinski definition) is 1. The molecule has 0 radical (unpaired) electrons. The maximum atomic E-state index is 12.4. The minimum atomic E-state index is -1.22. The van der Waals surface area contributed by atoms with E-state index in [1.807, 2.05) is 0 Å². The van der Waals surface area contributed by atoms with Gasteiger partial charge in [0.25, 0.3) is 0 Å². The summed E-state index contributed by atoms with van der Waals surface area (Å²) in [5.41, 5.74) is -1.22. The Morgan fingerprint density at radius 1 is 1.38 bits per heavy atom. The van der Waals surface area contributed by atoms with Crippen molar-refractivity contribution in [2.75, 3.05) is 40.0 Å². The third kappa shape index (κ3) is 4.25. The molecule has 0 saturated carbocycles. The lowest BCUT2D eigenvalue weighted by Gasteiger charge is -2.35. The number of hydrogen-bond acceptors (Lipinski definition) is 6. The second-order valence-electron chi connectivity index (χ2n) is 5.44. The molecular weight excluding hydrogens is 276 g/mol. The van der Waals surface area contributed by atoms with E-state index in [-0.39, 0.29) is 31.4 Å². The van der Waals surface area contributed by atoms with Crippen molar-refractivity contribution < 1.29 is 23.9 Å². The average molecular weight is 300 g/mol. The third-order valence-corrected chi connectivity index (χ3v) is 3.62. The van der Waals surface area contributed by atoms with Crippen molar-refractivity contribution in [1.82, 2.24) is 10.2 Å². The van der Waals surface area contributed by atoms with Crippen LogP contribution in [0.5, 0.6) is 0 Å². The molecule has 1 N–H and O–H groups in total. The summed E-state index contributed by atoms with van der Waals surface area (Å²) in [7, 11) is 1.54. The number of nitrogens with zero attached hydrogens (tertiary/aromatic N) is 1. The first-order chi connectivity index (χ1) is 9.84. The van der Waals surface area contributed by atoms with Crippen LogP contribution in [0.4, 0.5) is 0 Å². The van der Waals surface area contributed by atoms with Crippen molar-refractivity contribution in [1.29, 1.82) is 0 Å². The molecule has 7 heteroatoms. The van der Waals surface area contributed by atoms with Gasteiger partial charge in [-0.2, -0.15) is 0 Å². The fourth-order valence-electron chi connectivity index (χ4n) is 2.04. The summed E-state index contributed by atoms with van der Waals surface area (Å²) in [5.74, 6) is -1.01. The molecule has 0 bridgehead atoms. The SMILES string of the molecule is CCOC(=O)C(C)(C)C(=O)CN1CCOCC1C(=O)NC. The normalized spacial score (nSPS) is 19.9. The molecule has 1 saturated heterocycles. The fraction of sp³-hybridized carbons (Fsp3) is 0.786. The predicted octanol–water partition coefficient (Wildman–Crippen LogP) is -0.408. The molecule has 1 fully saturated rings. The number of ketones is 1. The van der Waals surface area contributed by atoms with Gasteiger partial charge in [-0.15, -0.1) is 0 Å². The van der Waals surface area contributed by atoms with Gasteiger partial charge in [-0.05, 0) is 20.8 Å². The number of amides is 1. The number of rotatable bonds is 6. The van der Waals surface area contributed by atoms with Crippen LogP contribution in [0.25, 0.3) is 0 Å². The lowest BCUT2D eigenvalue weighted by molar-refractivity contribution is -0.158. The van der Waals surface area contributed by atoms with Crippen LogP contribution in [0.15, 0.2) is 0 Å². The maximum Gasteiger partial charge on any atom is 0.319 e. The predicted molar refractivity (Wildman–Crippen MR) is 75.7 cm³/mol.